The van der Waals surface area contributed by atoms with Crippen LogP contribution in [0.4, 0.5) is 0 Å². The molecule has 3 aliphatic rings. The van der Waals surface area contributed by atoms with E-state index in [0.29, 0.717) is 11.1 Å². The summed E-state index contributed by atoms with van der Waals surface area (Å²) < 4.78 is 17.2. The number of carbonyl (C=O) groups excluding carboxylic acids is 3. The molecule has 0 amide bonds. The molecule has 0 spiro atoms. The van der Waals surface area contributed by atoms with E-state index in [0.717, 1.165) is 0 Å². The number of allylic oxidation sites excluding steroid dienone is 1. The Labute approximate surface area is 152 Å². The molecule has 3 rings (SSSR count). The molecule has 5 atom stereocenters. The van der Waals surface area contributed by atoms with Gasteiger partial charge in [-0.15, -0.1) is 0 Å². The van der Waals surface area contributed by atoms with Crippen molar-refractivity contribution in [1.29, 1.82) is 0 Å². The second-order valence-electron chi connectivity index (χ2n) is 7.08. The van der Waals surface area contributed by atoms with E-state index < -0.39 is 41.8 Å². The highest BCUT2D eigenvalue weighted by molar-refractivity contribution is 5.98. The van der Waals surface area contributed by atoms with E-state index in [9.17, 15) is 14.4 Å². The normalized spacial score (nSPS) is 37.0. The van der Waals surface area contributed by atoms with Gasteiger partial charge in [0.1, 0.15) is 23.9 Å². The largest absolute Gasteiger partial charge is 0.458 e. The van der Waals surface area contributed by atoms with Gasteiger partial charge in [-0.05, 0) is 32.4 Å². The summed E-state index contributed by atoms with van der Waals surface area (Å²) in [5.74, 6) is -1.91. The number of carbonyl (C=O) groups is 3. The lowest BCUT2D eigenvalue weighted by molar-refractivity contribution is -0.158. The van der Waals surface area contributed by atoms with Gasteiger partial charge in [0.15, 0.2) is 5.78 Å². The van der Waals surface area contributed by atoms with Crippen LogP contribution >= 0.6 is 0 Å². The smallest absolute Gasteiger partial charge is 0.334 e. The van der Waals surface area contributed by atoms with E-state index in [4.69, 9.17) is 14.2 Å². The van der Waals surface area contributed by atoms with Crippen LogP contribution in [0.25, 0.3) is 0 Å². The van der Waals surface area contributed by atoms with Crippen LogP contribution in [-0.4, -0.2) is 41.6 Å². The van der Waals surface area contributed by atoms with Crippen LogP contribution in [-0.2, 0) is 28.6 Å². The standard InChI is InChI=1S/C20H22O6/c1-6-10(2)18(22)24-13-9-20(5)14(21)8-7-11(3)16(26-20)17-15(13)12(4)19(23)25-17/h6-8,13,15-17H,3-4,9H2,1-2,5H3/b10-6-/t13-,15-,16-,17+,20-/m1/s1. The summed E-state index contributed by atoms with van der Waals surface area (Å²) in [7, 11) is 0. The summed E-state index contributed by atoms with van der Waals surface area (Å²) in [6.07, 6.45) is 2.49. The van der Waals surface area contributed by atoms with Gasteiger partial charge in [0.2, 0.25) is 0 Å². The zero-order valence-electron chi connectivity index (χ0n) is 15.1. The summed E-state index contributed by atoms with van der Waals surface area (Å²) in [6, 6.07) is 0. The average molecular weight is 358 g/mol. The van der Waals surface area contributed by atoms with E-state index in [1.807, 2.05) is 0 Å². The van der Waals surface area contributed by atoms with Crippen LogP contribution in [0, 0.1) is 5.92 Å². The SMILES string of the molecule is C=C1C(=O)O[C@H]2[C@H]1[C@H](OC(=O)/C(C)=C\C)C[C@@]1(C)O[C@@H]2C(=C)C=CC1=O. The lowest BCUT2D eigenvalue weighted by Gasteiger charge is -2.30. The van der Waals surface area contributed by atoms with Crippen molar-refractivity contribution in [2.24, 2.45) is 5.92 Å². The molecule has 6 nitrogen and oxygen atoms in total. The van der Waals surface area contributed by atoms with E-state index in [-0.39, 0.29) is 17.8 Å². The van der Waals surface area contributed by atoms with Crippen molar-refractivity contribution < 1.29 is 28.6 Å². The van der Waals surface area contributed by atoms with Crippen LogP contribution < -0.4 is 0 Å². The van der Waals surface area contributed by atoms with Crippen molar-refractivity contribution in [1.82, 2.24) is 0 Å². The van der Waals surface area contributed by atoms with Crippen LogP contribution in [0.2, 0.25) is 0 Å². The van der Waals surface area contributed by atoms with Crippen molar-refractivity contribution in [3.8, 4) is 0 Å². The predicted octanol–water partition coefficient (Wildman–Crippen LogP) is 2.20. The Balaban J connectivity index is 2.06. The van der Waals surface area contributed by atoms with Gasteiger partial charge in [-0.2, -0.15) is 0 Å². The molecule has 0 N–H and O–H groups in total. The fourth-order valence-electron chi connectivity index (χ4n) is 3.56. The Morgan fingerprint density at radius 3 is 2.69 bits per heavy atom. The maximum absolute atomic E-state index is 12.6. The molecule has 2 fully saturated rings. The summed E-state index contributed by atoms with van der Waals surface area (Å²) in [5, 5.41) is 0. The molecule has 0 saturated carbocycles. The average Bonchev–Trinajstić information content (AvgIpc) is 2.76. The zero-order chi connectivity index (χ0) is 19.2. The number of ether oxygens (including phenoxy) is 3. The third kappa shape index (κ3) is 2.84. The maximum atomic E-state index is 12.6. The number of hydrogen-bond donors (Lipinski definition) is 0. The first-order valence-corrected chi connectivity index (χ1v) is 8.50. The number of rotatable bonds is 2. The van der Waals surface area contributed by atoms with Gasteiger partial charge < -0.3 is 14.2 Å². The van der Waals surface area contributed by atoms with Gasteiger partial charge in [-0.1, -0.05) is 25.3 Å². The van der Waals surface area contributed by atoms with Gasteiger partial charge in [0, 0.05) is 17.6 Å². The molecule has 0 unspecified atom stereocenters. The molecule has 6 heteroatoms. The molecule has 138 valence electrons. The highest BCUT2D eigenvalue weighted by Gasteiger charge is 2.57. The van der Waals surface area contributed by atoms with Crippen LogP contribution in [0.1, 0.15) is 27.2 Å². The second-order valence-corrected chi connectivity index (χ2v) is 7.08. The molecule has 0 aromatic carbocycles. The molecule has 3 aliphatic heterocycles. The Bertz CT molecular complexity index is 773. The first-order valence-electron chi connectivity index (χ1n) is 8.50. The second kappa shape index (κ2) is 6.36. The van der Waals surface area contributed by atoms with Gasteiger partial charge in [-0.3, -0.25) is 4.79 Å². The maximum Gasteiger partial charge on any atom is 0.334 e. The minimum Gasteiger partial charge on any atom is -0.458 e. The third-order valence-corrected chi connectivity index (χ3v) is 5.29. The monoisotopic (exact) mass is 358 g/mol. The first-order chi connectivity index (χ1) is 12.2. The van der Waals surface area contributed by atoms with Gasteiger partial charge >= 0.3 is 11.9 Å². The molecule has 0 radical (unpaired) electrons. The molecule has 2 bridgehead atoms. The molecule has 0 aliphatic carbocycles. The molecule has 2 saturated heterocycles. The van der Waals surface area contributed by atoms with Crippen molar-refractivity contribution in [3.05, 3.63) is 48.1 Å². The van der Waals surface area contributed by atoms with Crippen LogP contribution in [0.15, 0.2) is 48.1 Å². The van der Waals surface area contributed by atoms with E-state index in [1.54, 1.807) is 32.9 Å². The molecule has 26 heavy (non-hydrogen) atoms. The van der Waals surface area contributed by atoms with Crippen molar-refractivity contribution in [2.75, 3.05) is 0 Å². The Kier molecular flexibility index (Phi) is 4.48. The van der Waals surface area contributed by atoms with Crippen LogP contribution in [0.3, 0.4) is 0 Å². The Hall–Kier alpha value is -2.47. The fourth-order valence-corrected chi connectivity index (χ4v) is 3.56. The van der Waals surface area contributed by atoms with Crippen LogP contribution in [0.5, 0.6) is 0 Å². The van der Waals surface area contributed by atoms with E-state index in [1.165, 1.54) is 6.08 Å². The van der Waals surface area contributed by atoms with Gasteiger partial charge in [0.05, 0.1) is 5.92 Å². The first kappa shape index (κ1) is 18.3. The van der Waals surface area contributed by atoms with E-state index >= 15 is 0 Å². The summed E-state index contributed by atoms with van der Waals surface area (Å²) in [4.78, 5) is 37.1. The number of hydrogen-bond acceptors (Lipinski definition) is 6. The fraction of sp³-hybridized carbons (Fsp3) is 0.450. The highest BCUT2D eigenvalue weighted by Crippen LogP contribution is 2.45. The lowest BCUT2D eigenvalue weighted by Crippen LogP contribution is -2.42. The topological polar surface area (TPSA) is 78.9 Å². The van der Waals surface area contributed by atoms with Gasteiger partial charge in [-0.25, -0.2) is 9.59 Å². The van der Waals surface area contributed by atoms with Crippen molar-refractivity contribution >= 4 is 17.7 Å². The van der Waals surface area contributed by atoms with Crippen molar-refractivity contribution in [2.45, 2.75) is 51.1 Å². The highest BCUT2D eigenvalue weighted by atomic mass is 16.6. The summed E-state index contributed by atoms with van der Waals surface area (Å²) >= 11 is 0. The molecular weight excluding hydrogens is 336 g/mol. The number of ketones is 1. The number of esters is 2. The Morgan fingerprint density at radius 2 is 2.04 bits per heavy atom. The molecular formula is C20H22O6. The summed E-state index contributed by atoms with van der Waals surface area (Å²) in [6.45, 7) is 12.8. The minimum atomic E-state index is -1.22. The zero-order valence-corrected chi connectivity index (χ0v) is 15.1. The Morgan fingerprint density at radius 1 is 1.35 bits per heavy atom. The molecule has 0 aromatic rings. The minimum absolute atomic E-state index is 0.0967. The van der Waals surface area contributed by atoms with Gasteiger partial charge in [0.25, 0.3) is 0 Å². The van der Waals surface area contributed by atoms with E-state index in [2.05, 4.69) is 13.2 Å². The lowest BCUT2D eigenvalue weighted by atomic mass is 9.82. The predicted molar refractivity (Wildman–Crippen MR) is 93.0 cm³/mol. The third-order valence-electron chi connectivity index (χ3n) is 5.29. The number of fused-ring (bicyclic) bond motifs is 4. The molecule has 3 heterocycles. The van der Waals surface area contributed by atoms with Crippen molar-refractivity contribution in [3.63, 3.8) is 0 Å². The summed E-state index contributed by atoms with van der Waals surface area (Å²) in [5.41, 5.74) is -0.0415. The molecule has 0 aromatic heterocycles. The quantitative estimate of drug-likeness (QED) is 0.556.